The van der Waals surface area contributed by atoms with Gasteiger partial charge in [0.1, 0.15) is 73.2 Å². The Hall–Kier alpha value is -1.29. The molecule has 3 aliphatic rings. The smallest absolute Gasteiger partial charge is 0.234 e. The van der Waals surface area contributed by atoms with Gasteiger partial charge in [0.2, 0.25) is 5.91 Å². The highest BCUT2D eigenvalue weighted by Crippen LogP contribution is 2.33. The fourth-order valence-corrected chi connectivity index (χ4v) is 5.09. The zero-order chi connectivity index (χ0) is 34.7. The highest BCUT2D eigenvalue weighted by atomic mass is 16.8. The molecule has 3 aliphatic heterocycles. The van der Waals surface area contributed by atoms with E-state index < -0.39 is 112 Å². The Kier molecular flexibility index (Phi) is 16.9. The van der Waals surface area contributed by atoms with Crippen LogP contribution in [-0.2, 0) is 38.0 Å². The molecule has 21 heteroatoms. The summed E-state index contributed by atoms with van der Waals surface area (Å²) in [5, 5.41) is 108. The Labute approximate surface area is 269 Å². The van der Waals surface area contributed by atoms with Crippen LogP contribution in [0.3, 0.4) is 0 Å². The van der Waals surface area contributed by atoms with Crippen molar-refractivity contribution >= 4 is 5.91 Å². The number of nitrogens with one attached hydrogen (secondary N) is 2. The van der Waals surface area contributed by atoms with Gasteiger partial charge in [-0.1, -0.05) is 0 Å². The van der Waals surface area contributed by atoms with E-state index in [4.69, 9.17) is 38.9 Å². The fraction of sp³-hybridized carbons (Fsp3) is 0.962. The molecule has 47 heavy (non-hydrogen) atoms. The lowest BCUT2D eigenvalue weighted by molar-refractivity contribution is -0.393. The van der Waals surface area contributed by atoms with E-state index in [1.54, 1.807) is 0 Å². The molecule has 0 radical (unpaired) electrons. The van der Waals surface area contributed by atoms with Gasteiger partial charge in [-0.15, -0.1) is 0 Å². The SMILES string of the molecule is NCCNCC(=O)NCCOCCO[C@H]1OC(CO)[C@@H](O)C(O)[C@H]1O[C@H]1OC(CO)[C@@H](O)C(O)C1O[C@@H]1OC(CO)[C@@H](O)C(O)C1O. The molecule has 0 aromatic rings. The maximum absolute atomic E-state index is 11.7. The number of aliphatic hydroxyl groups is 10. The summed E-state index contributed by atoms with van der Waals surface area (Å²) in [4.78, 5) is 11.7. The summed E-state index contributed by atoms with van der Waals surface area (Å²) in [6.07, 6.45) is -25.4. The highest BCUT2D eigenvalue weighted by Gasteiger charge is 2.54. The summed E-state index contributed by atoms with van der Waals surface area (Å²) in [7, 11) is 0. The molecular weight excluding hydrogens is 642 g/mol. The van der Waals surface area contributed by atoms with Gasteiger partial charge in [0.15, 0.2) is 18.9 Å². The number of amides is 1. The molecule has 3 fully saturated rings. The summed E-state index contributed by atoms with van der Waals surface area (Å²) < 4.78 is 39.1. The van der Waals surface area contributed by atoms with Crippen LogP contribution < -0.4 is 16.4 Å². The minimum absolute atomic E-state index is 0.0312. The zero-order valence-corrected chi connectivity index (χ0v) is 25.5. The number of nitrogens with two attached hydrogens (primary N) is 1. The van der Waals surface area contributed by atoms with Crippen LogP contribution in [0.2, 0.25) is 0 Å². The Morgan fingerprint density at radius 3 is 1.70 bits per heavy atom. The van der Waals surface area contributed by atoms with Gasteiger partial charge in [-0.05, 0) is 0 Å². The molecule has 0 aliphatic carbocycles. The lowest BCUT2D eigenvalue weighted by atomic mass is 9.96. The molecule has 8 unspecified atom stereocenters. The topological polar surface area (TPSA) is 334 Å². The lowest BCUT2D eigenvalue weighted by Crippen LogP contribution is -2.67. The fourth-order valence-electron chi connectivity index (χ4n) is 5.09. The highest BCUT2D eigenvalue weighted by molar-refractivity contribution is 5.77. The Morgan fingerprint density at radius 2 is 1.13 bits per heavy atom. The monoisotopic (exact) mass is 691 g/mol. The van der Waals surface area contributed by atoms with E-state index in [0.29, 0.717) is 13.1 Å². The van der Waals surface area contributed by atoms with Crippen LogP contribution in [0.5, 0.6) is 0 Å². The summed E-state index contributed by atoms with van der Waals surface area (Å²) in [5.41, 5.74) is 5.35. The lowest BCUT2D eigenvalue weighted by Gasteiger charge is -2.48. The van der Waals surface area contributed by atoms with Crippen LogP contribution >= 0.6 is 0 Å². The standard InChI is InChI=1S/C26H49N3O18/c27-1-2-28-7-14(33)29-3-4-41-5-6-42-25-22(19(38)16(35)12(9-31)44-25)47-26-23(20(39)17(36)13(10-32)45-26)46-24-21(40)18(37)15(34)11(8-30)43-24/h11-13,15-26,28,30-32,34-40H,1-10,27H2,(H,29,33)/t11?,12?,13?,15-,16-,17-,18?,19?,20?,21?,22-,23?,24+,25+,26-/m1/s1. The largest absolute Gasteiger partial charge is 0.394 e. The molecule has 3 heterocycles. The molecule has 14 N–H and O–H groups in total. The molecule has 15 atom stereocenters. The van der Waals surface area contributed by atoms with Gasteiger partial charge in [0.05, 0.1) is 46.2 Å². The minimum Gasteiger partial charge on any atom is -0.394 e. The van der Waals surface area contributed by atoms with Gasteiger partial charge in [-0.3, -0.25) is 4.79 Å². The van der Waals surface area contributed by atoms with Gasteiger partial charge in [0, 0.05) is 19.6 Å². The first-order valence-electron chi connectivity index (χ1n) is 15.2. The quantitative estimate of drug-likeness (QED) is 0.0593. The average molecular weight is 692 g/mol. The van der Waals surface area contributed by atoms with Gasteiger partial charge in [-0.2, -0.15) is 0 Å². The minimum atomic E-state index is -1.92. The van der Waals surface area contributed by atoms with Crippen molar-refractivity contribution in [3.63, 3.8) is 0 Å². The molecular formula is C26H49N3O18. The number of hydrogen-bond acceptors (Lipinski definition) is 20. The molecule has 1 amide bonds. The van der Waals surface area contributed by atoms with Crippen molar-refractivity contribution < 1.29 is 89.0 Å². The third-order valence-corrected chi connectivity index (χ3v) is 7.77. The number of aliphatic hydroxyl groups excluding tert-OH is 10. The molecule has 0 aromatic heterocycles. The van der Waals surface area contributed by atoms with Crippen LogP contribution in [0.15, 0.2) is 0 Å². The first-order chi connectivity index (χ1) is 22.5. The molecule has 0 saturated carbocycles. The molecule has 0 bridgehead atoms. The van der Waals surface area contributed by atoms with E-state index in [9.17, 15) is 55.9 Å². The molecule has 3 saturated heterocycles. The van der Waals surface area contributed by atoms with E-state index in [0.717, 1.165) is 0 Å². The average Bonchev–Trinajstić information content (AvgIpc) is 3.06. The van der Waals surface area contributed by atoms with Gasteiger partial charge in [-0.25, -0.2) is 0 Å². The summed E-state index contributed by atoms with van der Waals surface area (Å²) in [6.45, 7) is -1.24. The maximum Gasteiger partial charge on any atom is 0.234 e. The summed E-state index contributed by atoms with van der Waals surface area (Å²) >= 11 is 0. The summed E-state index contributed by atoms with van der Waals surface area (Å²) in [5.74, 6) is -0.253. The van der Waals surface area contributed by atoms with Crippen molar-refractivity contribution in [2.45, 2.75) is 92.1 Å². The van der Waals surface area contributed by atoms with Crippen molar-refractivity contribution in [1.29, 1.82) is 0 Å². The van der Waals surface area contributed by atoms with Gasteiger partial charge >= 0.3 is 0 Å². The second-order valence-electron chi connectivity index (χ2n) is 11.1. The van der Waals surface area contributed by atoms with E-state index in [1.165, 1.54) is 0 Å². The van der Waals surface area contributed by atoms with Crippen molar-refractivity contribution in [2.24, 2.45) is 5.73 Å². The van der Waals surface area contributed by atoms with Crippen LogP contribution in [0.1, 0.15) is 0 Å². The van der Waals surface area contributed by atoms with E-state index >= 15 is 0 Å². The van der Waals surface area contributed by atoms with Gasteiger partial charge in [0.25, 0.3) is 0 Å². The van der Waals surface area contributed by atoms with E-state index in [-0.39, 0.29) is 38.8 Å². The third kappa shape index (κ3) is 10.6. The predicted molar refractivity (Wildman–Crippen MR) is 151 cm³/mol. The predicted octanol–water partition coefficient (Wildman–Crippen LogP) is -8.87. The van der Waals surface area contributed by atoms with Crippen molar-refractivity contribution in [3.8, 4) is 0 Å². The van der Waals surface area contributed by atoms with E-state index in [2.05, 4.69) is 10.6 Å². The molecule has 21 nitrogen and oxygen atoms in total. The molecule has 0 spiro atoms. The number of rotatable bonds is 18. The van der Waals surface area contributed by atoms with Gasteiger partial charge < -0.3 is 101 Å². The van der Waals surface area contributed by atoms with Crippen LogP contribution in [-0.4, -0.2) is 215 Å². The Morgan fingerprint density at radius 1 is 0.617 bits per heavy atom. The van der Waals surface area contributed by atoms with Crippen molar-refractivity contribution in [2.75, 3.05) is 65.8 Å². The number of carbonyl (C=O) groups is 1. The van der Waals surface area contributed by atoms with Crippen molar-refractivity contribution in [3.05, 3.63) is 0 Å². The molecule has 276 valence electrons. The third-order valence-electron chi connectivity index (χ3n) is 7.77. The molecule has 3 rings (SSSR count). The second kappa shape index (κ2) is 19.8. The normalized spacial score (nSPS) is 41.1. The number of hydrogen-bond donors (Lipinski definition) is 13. The Bertz CT molecular complexity index is 911. The maximum atomic E-state index is 11.7. The van der Waals surface area contributed by atoms with Crippen LogP contribution in [0, 0.1) is 0 Å². The first kappa shape index (κ1) is 40.1. The summed E-state index contributed by atoms with van der Waals surface area (Å²) in [6, 6.07) is 0. The Balaban J connectivity index is 1.67. The second-order valence-corrected chi connectivity index (χ2v) is 11.1. The first-order valence-corrected chi connectivity index (χ1v) is 15.2. The van der Waals surface area contributed by atoms with E-state index in [1.807, 2.05) is 0 Å². The van der Waals surface area contributed by atoms with Crippen LogP contribution in [0.25, 0.3) is 0 Å². The number of carbonyl (C=O) groups excluding carboxylic acids is 1. The number of ether oxygens (including phenoxy) is 7. The molecule has 0 aromatic carbocycles. The van der Waals surface area contributed by atoms with Crippen molar-refractivity contribution in [1.82, 2.24) is 10.6 Å². The zero-order valence-electron chi connectivity index (χ0n) is 25.5. The van der Waals surface area contributed by atoms with Crippen LogP contribution in [0.4, 0.5) is 0 Å².